The minimum atomic E-state index is -6.26. The summed E-state index contributed by atoms with van der Waals surface area (Å²) in [5.74, 6) is 0. The maximum absolute atomic E-state index is 10.0. The van der Waals surface area contributed by atoms with E-state index in [4.69, 9.17) is 0 Å². The Morgan fingerprint density at radius 2 is 0.720 bits per heavy atom. The van der Waals surface area contributed by atoms with Crippen LogP contribution in [0.5, 0.6) is 0 Å². The van der Waals surface area contributed by atoms with E-state index < -0.39 is 25.9 Å². The Kier molecular flexibility index (Phi) is 14.3. The van der Waals surface area contributed by atoms with Gasteiger partial charge in [0, 0.05) is 0 Å². The van der Waals surface area contributed by atoms with E-state index in [0.717, 1.165) is 0 Å². The van der Waals surface area contributed by atoms with Crippen LogP contribution in [-0.2, 0) is 48.9 Å². The molecular weight excluding hydrogens is 1130 g/mol. The molecule has 11 rings (SSSR count). The number of hydrogen-bond acceptors (Lipinski definition) is 0. The van der Waals surface area contributed by atoms with Gasteiger partial charge in [0.2, 0.25) is 0 Å². The van der Waals surface area contributed by atoms with Gasteiger partial charge >= 0.3 is 508 Å². The average Bonchev–Trinajstić information content (AvgIpc) is 1.45. The summed E-state index contributed by atoms with van der Waals surface area (Å²) in [6, 6.07) is 63.4. The van der Waals surface area contributed by atoms with Crippen LogP contribution in [0.3, 0.4) is 0 Å². The van der Waals surface area contributed by atoms with Crippen molar-refractivity contribution in [3.05, 3.63) is 231 Å². The quantitative estimate of drug-likeness (QED) is 0.140. The molecule has 1 aliphatic heterocycles. The van der Waals surface area contributed by atoms with Crippen LogP contribution in [0, 0.1) is 0 Å². The van der Waals surface area contributed by atoms with Crippen LogP contribution in [0.25, 0.3) is 56.7 Å². The number of allylic oxidation sites excluding steroid dienone is 2. The van der Waals surface area contributed by atoms with Crippen LogP contribution in [0.2, 0.25) is 0 Å². The Labute approximate surface area is 504 Å². The summed E-state index contributed by atoms with van der Waals surface area (Å²) in [7, 11) is 19.0. The first-order valence-corrected chi connectivity index (χ1v) is 42.0. The Bertz CT molecular complexity index is 3650. The molecule has 0 saturated carbocycles. The van der Waals surface area contributed by atoms with Crippen LogP contribution in [-0.4, -0.2) is 9.52 Å². The minimum absolute atomic E-state index is 0.0787. The van der Waals surface area contributed by atoms with Crippen LogP contribution < -0.4 is 13.6 Å². The maximum atomic E-state index is 10.0. The Morgan fingerprint density at radius 3 is 1.10 bits per heavy atom. The normalized spacial score (nSPS) is 17.2. The van der Waals surface area contributed by atoms with Crippen LogP contribution in [0.1, 0.15) is 199 Å². The van der Waals surface area contributed by atoms with Gasteiger partial charge in [-0.1, -0.05) is 0 Å². The van der Waals surface area contributed by atoms with Crippen molar-refractivity contribution in [2.24, 2.45) is 0 Å². The zero-order chi connectivity index (χ0) is 59.1. The number of benzene rings is 8. The van der Waals surface area contributed by atoms with Gasteiger partial charge < -0.3 is 0 Å². The summed E-state index contributed by atoms with van der Waals surface area (Å²) in [4.78, 5) is 0. The second-order valence-electron chi connectivity index (χ2n) is 30.7. The van der Waals surface area contributed by atoms with Crippen molar-refractivity contribution < 1.29 is 16.4 Å². The van der Waals surface area contributed by atoms with Crippen molar-refractivity contribution in [3.8, 4) is 33.4 Å². The summed E-state index contributed by atoms with van der Waals surface area (Å²) < 4.78 is 0.525. The first kappa shape index (κ1) is 58.7. The summed E-state index contributed by atoms with van der Waals surface area (Å²) in [6.45, 7) is 42.5. The predicted molar refractivity (Wildman–Crippen MR) is 361 cm³/mol. The molecule has 2 unspecified atom stereocenters. The number of fused-ring (bicyclic) bond motifs is 5. The van der Waals surface area contributed by atoms with Gasteiger partial charge in [-0.25, -0.2) is 0 Å². The molecule has 1 heterocycles. The third-order valence-electron chi connectivity index (χ3n) is 18.6. The summed E-state index contributed by atoms with van der Waals surface area (Å²) in [5.41, 5.74) is 24.8. The molecular formula is C78H87Cl2SiZr. The van der Waals surface area contributed by atoms with Gasteiger partial charge in [0.1, 0.15) is 0 Å². The van der Waals surface area contributed by atoms with Gasteiger partial charge in [0.05, 0.1) is 0 Å². The van der Waals surface area contributed by atoms with Gasteiger partial charge in [-0.2, -0.15) is 0 Å². The zero-order valence-corrected chi connectivity index (χ0v) is 57.7. The molecule has 0 amide bonds. The molecule has 0 N–H and O–H groups in total. The van der Waals surface area contributed by atoms with Gasteiger partial charge in [-0.05, 0) is 0 Å². The predicted octanol–water partition coefficient (Wildman–Crippen LogP) is 20.1. The van der Waals surface area contributed by atoms with E-state index in [9.17, 15) is 17.0 Å². The average molecular weight is 1210 g/mol. The van der Waals surface area contributed by atoms with Gasteiger partial charge in [0.15, 0.2) is 0 Å². The topological polar surface area (TPSA) is 0 Å². The monoisotopic (exact) mass is 1210 g/mol. The zero-order valence-electron chi connectivity index (χ0n) is 52.4. The third kappa shape index (κ3) is 10.0. The fourth-order valence-corrected chi connectivity index (χ4v) is 41.0. The van der Waals surface area contributed by atoms with Gasteiger partial charge in [-0.3, -0.25) is 0 Å². The summed E-state index contributed by atoms with van der Waals surface area (Å²) >= 11 is -6.26. The summed E-state index contributed by atoms with van der Waals surface area (Å²) in [5, 5.41) is 2.88. The molecule has 4 heteroatoms. The SMILES string of the molecule is CC(C)(C)c1cc(-c2c(C(C)(C)C)ccc3c2C=C(c2ccccc2)[CH]3[Zr]([Cl])([Cl])([c]2cccc3c2[SiH2]c2ccccc2-3)[CH]2C(c3ccccc3)=Cc3c2ccc(C(C)(C)C)c3-c2cc(C(C)(C)C)cc(C(C)(C)C)c2)cc(C(C)(C)C)c1. The second-order valence-corrected chi connectivity index (χ2v) is 53.1. The molecule has 0 nitrogen and oxygen atoms in total. The first-order chi connectivity index (χ1) is 38.1. The van der Waals surface area contributed by atoms with E-state index in [1.54, 1.807) is 0 Å². The third-order valence-corrected chi connectivity index (χ3v) is 41.1. The van der Waals surface area contributed by atoms with Crippen molar-refractivity contribution in [3.63, 3.8) is 0 Å². The molecule has 82 heavy (non-hydrogen) atoms. The second kappa shape index (κ2) is 20.0. The number of rotatable bonds is 7. The van der Waals surface area contributed by atoms with E-state index >= 15 is 0 Å². The van der Waals surface area contributed by atoms with E-state index in [1.807, 2.05) is 0 Å². The molecule has 0 saturated heterocycles. The fourth-order valence-electron chi connectivity index (χ4n) is 14.0. The Morgan fingerprint density at radius 1 is 0.354 bits per heavy atom. The molecule has 421 valence electrons. The summed E-state index contributed by atoms with van der Waals surface area (Å²) in [6.07, 6.45) is 5.13. The van der Waals surface area contributed by atoms with Crippen LogP contribution >= 0.6 is 17.0 Å². The van der Waals surface area contributed by atoms with Crippen molar-refractivity contribution >= 4 is 63.5 Å². The van der Waals surface area contributed by atoms with E-state index in [1.165, 1.54) is 125 Å². The molecule has 2 aliphatic carbocycles. The molecule has 8 aromatic carbocycles. The fraction of sp³-hybridized carbons (Fsp3) is 0.333. The van der Waals surface area contributed by atoms with E-state index in [-0.39, 0.29) is 39.7 Å². The molecule has 0 aromatic heterocycles. The Hall–Kier alpha value is -5.08. The van der Waals surface area contributed by atoms with Crippen molar-refractivity contribution in [2.45, 2.75) is 164 Å². The molecule has 8 aromatic rings. The molecule has 2 atom stereocenters. The molecule has 0 bridgehead atoms. The standard InChI is InChI=1S/2C33H39.C12H9Si.2ClH.Zr/c2*1-31(2,3)26-18-25(19-27(21-26)32(4,5)6)30-28-20-24(22-13-11-10-12-14-22)17-23(28)15-16-29(30)33(7,8)9;1-3-7-11-9(5-1)10-6-2-4-8-12(10)13-11;;;/h2*10-21H,1-9H3;1-7H,13H2;2*1H;/q;;;;;+2/p-2. The van der Waals surface area contributed by atoms with Crippen LogP contribution in [0.15, 0.2) is 164 Å². The number of halogens is 2. The van der Waals surface area contributed by atoms with Crippen molar-refractivity contribution in [1.82, 2.24) is 0 Å². The Balaban J connectivity index is 1.33. The first-order valence-electron chi connectivity index (χ1n) is 30.2. The van der Waals surface area contributed by atoms with Gasteiger partial charge in [0.25, 0.3) is 0 Å². The van der Waals surface area contributed by atoms with Crippen molar-refractivity contribution in [1.29, 1.82) is 0 Å². The van der Waals surface area contributed by atoms with Crippen molar-refractivity contribution in [2.75, 3.05) is 0 Å². The number of hydrogen-bond donors (Lipinski definition) is 0. The van der Waals surface area contributed by atoms with Crippen LogP contribution in [0.4, 0.5) is 0 Å². The molecule has 0 spiro atoms. The van der Waals surface area contributed by atoms with Gasteiger partial charge in [-0.15, -0.1) is 0 Å². The van der Waals surface area contributed by atoms with E-state index in [2.05, 4.69) is 301 Å². The molecule has 3 aliphatic rings. The molecule has 0 fully saturated rings. The van der Waals surface area contributed by atoms with E-state index in [0.29, 0.717) is 0 Å². The molecule has 0 radical (unpaired) electrons.